The predicted octanol–water partition coefficient (Wildman–Crippen LogP) is -0.837. The second kappa shape index (κ2) is 23.4. The minimum absolute atomic E-state index is 0.0259. The highest BCUT2D eigenvalue weighted by Crippen LogP contribution is 2.24. The van der Waals surface area contributed by atoms with E-state index in [-0.39, 0.29) is 30.3 Å². The molecule has 7 atom stereocenters. The largest absolute Gasteiger partial charge is 0.481 e. The molecule has 0 unspecified atom stereocenters. The molecule has 0 spiro atoms. The van der Waals surface area contributed by atoms with Gasteiger partial charge in [0.1, 0.15) is 42.3 Å². The SMILES string of the molecule is CC(=O)N[C@H](C(=O)N[C@H]1CSSC[C@@H](C(=O)N[C@@H](Cc2cc3ccccc3[nH]2)C(=O)O)NC(=O)[C@H](CC(C)C)NC(=O)[C@H](CCC(=O)O)NC(=O)[C@H](CO)NC1=O)C(C)C. The Morgan fingerprint density at radius 1 is 0.817 bits per heavy atom. The van der Waals surface area contributed by atoms with Gasteiger partial charge in [-0.3, -0.25) is 38.4 Å². The van der Waals surface area contributed by atoms with Gasteiger partial charge in [0.15, 0.2) is 0 Å². The van der Waals surface area contributed by atoms with Crippen LogP contribution >= 0.6 is 21.6 Å². The summed E-state index contributed by atoms with van der Waals surface area (Å²) in [6.07, 6.45) is -1.18. The van der Waals surface area contributed by atoms with Crippen LogP contribution in [-0.2, 0) is 49.6 Å². The van der Waals surface area contributed by atoms with Gasteiger partial charge in [-0.15, -0.1) is 0 Å². The molecule has 1 saturated heterocycles. The number of aliphatic hydroxyl groups is 1. The van der Waals surface area contributed by atoms with Crippen molar-refractivity contribution >= 4 is 85.8 Å². The number of amides is 7. The number of benzene rings is 1. The third kappa shape index (κ3) is 15.4. The van der Waals surface area contributed by atoms with Gasteiger partial charge >= 0.3 is 11.9 Å². The quantitative estimate of drug-likeness (QED) is 0.0974. The van der Waals surface area contributed by atoms with Crippen molar-refractivity contribution in [2.24, 2.45) is 11.8 Å². The van der Waals surface area contributed by atoms with Crippen LogP contribution in [0, 0.1) is 11.8 Å². The summed E-state index contributed by atoms with van der Waals surface area (Å²) >= 11 is 0. The van der Waals surface area contributed by atoms with Crippen molar-refractivity contribution in [3.8, 4) is 0 Å². The summed E-state index contributed by atoms with van der Waals surface area (Å²) in [6, 6.07) is -0.936. The molecule has 7 amide bonds. The molecular formula is C38H54N8O12S2. The van der Waals surface area contributed by atoms with Crippen LogP contribution in [0.5, 0.6) is 0 Å². The lowest BCUT2D eigenvalue weighted by atomic mass is 10.0. The summed E-state index contributed by atoms with van der Waals surface area (Å²) in [5.41, 5.74) is 1.27. The molecule has 3 rings (SSSR count). The lowest BCUT2D eigenvalue weighted by Gasteiger charge is -2.27. The molecule has 330 valence electrons. The number of aliphatic carboxylic acids is 2. The molecule has 0 saturated carbocycles. The molecular weight excluding hydrogens is 825 g/mol. The number of H-pyrrole nitrogens is 1. The van der Waals surface area contributed by atoms with E-state index in [1.807, 2.05) is 18.2 Å². The van der Waals surface area contributed by atoms with Crippen molar-refractivity contribution in [3.05, 3.63) is 36.0 Å². The Morgan fingerprint density at radius 2 is 1.43 bits per heavy atom. The van der Waals surface area contributed by atoms with E-state index >= 15 is 0 Å². The summed E-state index contributed by atoms with van der Waals surface area (Å²) in [5, 5.41) is 47.8. The Hall–Kier alpha value is -5.35. The summed E-state index contributed by atoms with van der Waals surface area (Å²) in [6.45, 7) is 7.08. The van der Waals surface area contributed by atoms with E-state index in [4.69, 9.17) is 0 Å². The van der Waals surface area contributed by atoms with Crippen LogP contribution < -0.4 is 37.2 Å². The van der Waals surface area contributed by atoms with E-state index < -0.39 is 121 Å². The topological polar surface area (TPSA) is 314 Å². The van der Waals surface area contributed by atoms with Crippen LogP contribution in [0.25, 0.3) is 10.9 Å². The smallest absolute Gasteiger partial charge is 0.326 e. The maximum Gasteiger partial charge on any atom is 0.326 e. The maximum absolute atomic E-state index is 13.9. The van der Waals surface area contributed by atoms with Gasteiger partial charge in [-0.1, -0.05) is 67.5 Å². The highest BCUT2D eigenvalue weighted by atomic mass is 33.1. The number of aliphatic hydroxyl groups excluding tert-OH is 1. The molecule has 2 heterocycles. The third-order valence-electron chi connectivity index (χ3n) is 9.19. The minimum atomic E-state index is -1.68. The van der Waals surface area contributed by atoms with Crippen LogP contribution in [0.1, 0.15) is 59.6 Å². The molecule has 0 bridgehead atoms. The average molecular weight is 879 g/mol. The zero-order chi connectivity index (χ0) is 44.7. The molecule has 1 fully saturated rings. The molecule has 1 aliphatic heterocycles. The third-order valence-corrected chi connectivity index (χ3v) is 11.6. The van der Waals surface area contributed by atoms with Crippen LogP contribution in [0.15, 0.2) is 30.3 Å². The van der Waals surface area contributed by atoms with Crippen molar-refractivity contribution < 1.29 is 58.5 Å². The monoisotopic (exact) mass is 878 g/mol. The summed E-state index contributed by atoms with van der Waals surface area (Å²) < 4.78 is 0. The summed E-state index contributed by atoms with van der Waals surface area (Å²) in [4.78, 5) is 121. The number of hydrogen-bond acceptors (Lipinski definition) is 12. The number of carbonyl (C=O) groups is 9. The number of carboxylic acid groups (broad SMARTS) is 2. The average Bonchev–Trinajstić information content (AvgIpc) is 3.58. The fraction of sp³-hybridized carbons (Fsp3) is 0.553. The lowest BCUT2D eigenvalue weighted by molar-refractivity contribution is -0.142. The first-order chi connectivity index (χ1) is 28.3. The number of para-hydroxylation sites is 1. The van der Waals surface area contributed by atoms with Crippen molar-refractivity contribution in [3.63, 3.8) is 0 Å². The number of carboxylic acids is 2. The maximum atomic E-state index is 13.9. The van der Waals surface area contributed by atoms with Crippen LogP contribution in [0.2, 0.25) is 0 Å². The molecule has 20 nitrogen and oxygen atoms in total. The standard InChI is InChI=1S/C38H54N8O12S2/c1-18(2)12-25-33(52)45-28(35(54)43-26(38(57)58)14-22-13-21-8-6-7-9-23(21)40-22)16-59-60-17-29(46-37(56)31(19(3)4)39-20(5)48)36(55)44-27(15-47)34(53)41-24(32(51)42-25)10-11-30(49)50/h6-9,13,18-19,24-29,31,40,47H,10-12,14-17H2,1-5H3,(H,39,48)(H,41,53)(H,42,51)(H,43,54)(H,44,55)(H,45,52)(H,46,56)(H,49,50)(H,57,58)/t24-,25-,26-,27-,28-,29-,31-/m0/s1. The van der Waals surface area contributed by atoms with E-state index in [9.17, 15) is 58.5 Å². The van der Waals surface area contributed by atoms with Crippen LogP contribution in [0.3, 0.4) is 0 Å². The molecule has 2 aromatic rings. The molecule has 11 N–H and O–H groups in total. The number of carbonyl (C=O) groups excluding carboxylic acids is 7. The number of rotatable bonds is 15. The van der Waals surface area contributed by atoms with E-state index in [1.54, 1.807) is 39.8 Å². The van der Waals surface area contributed by atoms with Crippen LogP contribution in [-0.4, -0.2) is 134 Å². The molecule has 22 heteroatoms. The molecule has 1 aromatic heterocycles. The predicted molar refractivity (Wildman–Crippen MR) is 222 cm³/mol. The molecule has 0 radical (unpaired) electrons. The number of hydrogen-bond donors (Lipinski definition) is 11. The second-order valence-electron chi connectivity index (χ2n) is 15.0. The van der Waals surface area contributed by atoms with Gasteiger partial charge in [-0.25, -0.2) is 4.79 Å². The zero-order valence-corrected chi connectivity index (χ0v) is 35.5. The highest BCUT2D eigenvalue weighted by molar-refractivity contribution is 8.76. The van der Waals surface area contributed by atoms with Crippen molar-refractivity contribution in [2.75, 3.05) is 18.1 Å². The number of aromatic nitrogens is 1. The second-order valence-corrected chi connectivity index (χ2v) is 17.6. The van der Waals surface area contributed by atoms with Gasteiger partial charge in [0.2, 0.25) is 41.4 Å². The molecule has 1 aliphatic rings. The molecule has 1 aromatic carbocycles. The van der Waals surface area contributed by atoms with Gasteiger partial charge < -0.3 is 57.5 Å². The zero-order valence-electron chi connectivity index (χ0n) is 33.9. The number of nitrogens with one attached hydrogen (secondary N) is 8. The normalized spacial score (nSPS) is 22.0. The van der Waals surface area contributed by atoms with Crippen molar-refractivity contribution in [2.45, 2.75) is 103 Å². The van der Waals surface area contributed by atoms with Crippen molar-refractivity contribution in [1.29, 1.82) is 0 Å². The van der Waals surface area contributed by atoms with E-state index in [1.165, 1.54) is 6.92 Å². The highest BCUT2D eigenvalue weighted by Gasteiger charge is 2.35. The Morgan fingerprint density at radius 3 is 2.03 bits per heavy atom. The first kappa shape index (κ1) is 49.0. The first-order valence-corrected chi connectivity index (χ1v) is 21.7. The summed E-state index contributed by atoms with van der Waals surface area (Å²) in [5.74, 6) is -9.73. The Balaban J connectivity index is 2.01. The Labute approximate surface area is 354 Å². The lowest BCUT2D eigenvalue weighted by Crippen LogP contribution is -2.61. The number of fused-ring (bicyclic) bond motifs is 1. The van der Waals surface area contributed by atoms with E-state index in [2.05, 4.69) is 42.2 Å². The van der Waals surface area contributed by atoms with Crippen molar-refractivity contribution in [1.82, 2.24) is 42.2 Å². The van der Waals surface area contributed by atoms with Gasteiger partial charge in [0, 0.05) is 42.5 Å². The van der Waals surface area contributed by atoms with Gasteiger partial charge in [-0.05, 0) is 42.2 Å². The van der Waals surface area contributed by atoms with Gasteiger partial charge in [0.25, 0.3) is 0 Å². The summed E-state index contributed by atoms with van der Waals surface area (Å²) in [7, 11) is 1.96. The molecule has 0 aliphatic carbocycles. The van der Waals surface area contributed by atoms with E-state index in [0.717, 1.165) is 32.5 Å². The minimum Gasteiger partial charge on any atom is -0.481 e. The fourth-order valence-electron chi connectivity index (χ4n) is 6.07. The van der Waals surface area contributed by atoms with Crippen LogP contribution in [0.4, 0.5) is 0 Å². The fourth-order valence-corrected chi connectivity index (χ4v) is 8.40. The van der Waals surface area contributed by atoms with Gasteiger partial charge in [-0.2, -0.15) is 0 Å². The molecule has 60 heavy (non-hydrogen) atoms. The Kier molecular flexibility index (Phi) is 19.2. The number of aromatic amines is 1. The Bertz CT molecular complexity index is 1860. The van der Waals surface area contributed by atoms with Gasteiger partial charge in [0.05, 0.1) is 6.61 Å². The van der Waals surface area contributed by atoms with E-state index in [0.29, 0.717) is 5.69 Å². The first-order valence-electron chi connectivity index (χ1n) is 19.2.